The largest absolute Gasteiger partial charge is 0.319 e. The summed E-state index contributed by atoms with van der Waals surface area (Å²) in [6, 6.07) is 4.60. The van der Waals surface area contributed by atoms with Crippen molar-refractivity contribution < 1.29 is 0 Å². The first-order valence-corrected chi connectivity index (χ1v) is 7.90. The van der Waals surface area contributed by atoms with Crippen LogP contribution in [0, 0.1) is 0 Å². The topological polar surface area (TPSA) is 56.7 Å². The van der Waals surface area contributed by atoms with E-state index in [4.69, 9.17) is 10.7 Å². The third-order valence-corrected chi connectivity index (χ3v) is 4.80. The molecule has 2 N–H and O–H groups in total. The SMILES string of the molecule is NC1(c2nc3cccnc3n2C2CC2)CCCCCC1. The van der Waals surface area contributed by atoms with E-state index in [-0.39, 0.29) is 5.54 Å². The minimum atomic E-state index is -0.250. The van der Waals surface area contributed by atoms with Crippen molar-refractivity contribution in [3.05, 3.63) is 24.2 Å². The minimum absolute atomic E-state index is 0.250. The van der Waals surface area contributed by atoms with Crippen molar-refractivity contribution in [2.75, 3.05) is 0 Å². The van der Waals surface area contributed by atoms with Gasteiger partial charge >= 0.3 is 0 Å². The normalized spacial score (nSPS) is 22.9. The van der Waals surface area contributed by atoms with Crippen LogP contribution >= 0.6 is 0 Å². The maximum Gasteiger partial charge on any atom is 0.160 e. The van der Waals surface area contributed by atoms with Gasteiger partial charge in [-0.3, -0.25) is 0 Å². The van der Waals surface area contributed by atoms with Crippen LogP contribution < -0.4 is 5.73 Å². The molecule has 2 aliphatic carbocycles. The van der Waals surface area contributed by atoms with E-state index < -0.39 is 0 Å². The van der Waals surface area contributed by atoms with Crippen LogP contribution in [-0.4, -0.2) is 14.5 Å². The first-order valence-electron chi connectivity index (χ1n) is 7.90. The number of fused-ring (bicyclic) bond motifs is 1. The zero-order valence-corrected chi connectivity index (χ0v) is 11.9. The number of pyridine rings is 1. The van der Waals surface area contributed by atoms with Crippen LogP contribution in [0.25, 0.3) is 11.2 Å². The van der Waals surface area contributed by atoms with Gasteiger partial charge in [-0.05, 0) is 37.8 Å². The van der Waals surface area contributed by atoms with Gasteiger partial charge in [0.2, 0.25) is 0 Å². The number of rotatable bonds is 2. The highest BCUT2D eigenvalue weighted by molar-refractivity contribution is 5.72. The van der Waals surface area contributed by atoms with Gasteiger partial charge in [-0.1, -0.05) is 25.7 Å². The smallest absolute Gasteiger partial charge is 0.160 e. The van der Waals surface area contributed by atoms with Gasteiger partial charge in [0.25, 0.3) is 0 Å². The third-order valence-electron chi connectivity index (χ3n) is 4.80. The summed E-state index contributed by atoms with van der Waals surface area (Å²) < 4.78 is 2.35. The predicted molar refractivity (Wildman–Crippen MR) is 79.4 cm³/mol. The molecule has 20 heavy (non-hydrogen) atoms. The summed E-state index contributed by atoms with van der Waals surface area (Å²) >= 11 is 0. The Bertz CT molecular complexity index is 618. The predicted octanol–water partition coefficient (Wildman–Crippen LogP) is 3.27. The monoisotopic (exact) mass is 270 g/mol. The standard InChI is InChI=1S/C16H22N4/c17-16(9-3-1-2-4-10-16)15-19-13-6-5-11-18-14(13)20(15)12-7-8-12/h5-6,11-12H,1-4,7-10,17H2. The maximum atomic E-state index is 6.80. The first kappa shape index (κ1) is 12.3. The van der Waals surface area contributed by atoms with Crippen molar-refractivity contribution in [1.29, 1.82) is 0 Å². The summed E-state index contributed by atoms with van der Waals surface area (Å²) in [7, 11) is 0. The van der Waals surface area contributed by atoms with E-state index in [1.54, 1.807) is 0 Å². The van der Waals surface area contributed by atoms with Crippen molar-refractivity contribution in [2.45, 2.75) is 62.9 Å². The summed E-state index contributed by atoms with van der Waals surface area (Å²) in [5.41, 5.74) is 8.58. The number of nitrogens with zero attached hydrogens (tertiary/aromatic N) is 3. The van der Waals surface area contributed by atoms with Crippen LogP contribution in [0.15, 0.2) is 18.3 Å². The average Bonchev–Trinajstić information content (AvgIpc) is 3.25. The van der Waals surface area contributed by atoms with Crippen molar-refractivity contribution in [3.63, 3.8) is 0 Å². The average molecular weight is 270 g/mol. The molecule has 2 aromatic rings. The number of nitrogens with two attached hydrogens (primary N) is 1. The molecule has 0 aromatic carbocycles. The summed E-state index contributed by atoms with van der Waals surface area (Å²) in [5, 5.41) is 0. The lowest BCUT2D eigenvalue weighted by Crippen LogP contribution is -2.39. The van der Waals surface area contributed by atoms with Crippen LogP contribution in [0.3, 0.4) is 0 Å². The van der Waals surface area contributed by atoms with Gasteiger partial charge in [-0.15, -0.1) is 0 Å². The molecule has 0 atom stereocenters. The molecule has 2 fully saturated rings. The molecule has 0 bridgehead atoms. The molecule has 2 saturated carbocycles. The lowest BCUT2D eigenvalue weighted by molar-refractivity contribution is 0.349. The van der Waals surface area contributed by atoms with Gasteiger partial charge in [0, 0.05) is 12.2 Å². The highest BCUT2D eigenvalue weighted by Crippen LogP contribution is 2.42. The van der Waals surface area contributed by atoms with Gasteiger partial charge < -0.3 is 10.3 Å². The Morgan fingerprint density at radius 1 is 1.15 bits per heavy atom. The highest BCUT2D eigenvalue weighted by Gasteiger charge is 2.38. The summed E-state index contributed by atoms with van der Waals surface area (Å²) in [4.78, 5) is 9.44. The van der Waals surface area contributed by atoms with Crippen molar-refractivity contribution in [1.82, 2.24) is 14.5 Å². The molecule has 0 spiro atoms. The lowest BCUT2D eigenvalue weighted by Gasteiger charge is -2.28. The molecule has 4 rings (SSSR count). The molecule has 0 saturated heterocycles. The molecule has 2 aromatic heterocycles. The molecular formula is C16H22N4. The second-order valence-corrected chi connectivity index (χ2v) is 6.45. The van der Waals surface area contributed by atoms with Crippen molar-refractivity contribution in [2.24, 2.45) is 5.73 Å². The Morgan fingerprint density at radius 3 is 2.60 bits per heavy atom. The summed E-state index contributed by atoms with van der Waals surface area (Å²) in [5.74, 6) is 1.09. The summed E-state index contributed by atoms with van der Waals surface area (Å²) in [6.45, 7) is 0. The van der Waals surface area contributed by atoms with Crippen LogP contribution in [0.4, 0.5) is 0 Å². The molecule has 106 valence electrons. The van der Waals surface area contributed by atoms with E-state index in [2.05, 4.69) is 15.6 Å². The maximum absolute atomic E-state index is 6.80. The van der Waals surface area contributed by atoms with E-state index in [1.807, 2.05) is 12.3 Å². The molecule has 0 radical (unpaired) electrons. The van der Waals surface area contributed by atoms with Crippen LogP contribution in [0.2, 0.25) is 0 Å². The molecule has 4 heteroatoms. The van der Waals surface area contributed by atoms with Crippen LogP contribution in [0.5, 0.6) is 0 Å². The fourth-order valence-electron chi connectivity index (χ4n) is 3.54. The van der Waals surface area contributed by atoms with Gasteiger partial charge in [-0.25, -0.2) is 9.97 Å². The number of aromatic nitrogens is 3. The summed E-state index contributed by atoms with van der Waals surface area (Å²) in [6.07, 6.45) is 11.5. The zero-order chi connectivity index (χ0) is 13.6. The van der Waals surface area contributed by atoms with Gasteiger partial charge in [0.15, 0.2) is 5.65 Å². The molecular weight excluding hydrogens is 248 g/mol. The molecule has 0 amide bonds. The van der Waals surface area contributed by atoms with E-state index >= 15 is 0 Å². The Hall–Kier alpha value is -1.42. The minimum Gasteiger partial charge on any atom is -0.319 e. The first-order chi connectivity index (χ1) is 9.78. The van der Waals surface area contributed by atoms with Crippen molar-refractivity contribution in [3.8, 4) is 0 Å². The van der Waals surface area contributed by atoms with Crippen LogP contribution in [0.1, 0.15) is 63.2 Å². The zero-order valence-electron chi connectivity index (χ0n) is 11.9. The number of imidazole rings is 1. The fourth-order valence-corrected chi connectivity index (χ4v) is 3.54. The number of hydrogen-bond acceptors (Lipinski definition) is 3. The Morgan fingerprint density at radius 2 is 1.90 bits per heavy atom. The van der Waals surface area contributed by atoms with E-state index in [9.17, 15) is 0 Å². The molecule has 0 unspecified atom stereocenters. The second-order valence-electron chi connectivity index (χ2n) is 6.45. The lowest BCUT2D eigenvalue weighted by atomic mass is 9.90. The van der Waals surface area contributed by atoms with E-state index in [1.165, 1.54) is 38.5 Å². The van der Waals surface area contributed by atoms with Gasteiger partial charge in [0.1, 0.15) is 11.3 Å². The van der Waals surface area contributed by atoms with Gasteiger partial charge in [-0.2, -0.15) is 0 Å². The fraction of sp³-hybridized carbons (Fsp3) is 0.625. The van der Waals surface area contributed by atoms with Gasteiger partial charge in [0.05, 0.1) is 5.54 Å². The highest BCUT2D eigenvalue weighted by atomic mass is 15.2. The molecule has 0 aliphatic heterocycles. The van der Waals surface area contributed by atoms with E-state index in [0.29, 0.717) is 6.04 Å². The molecule has 4 nitrogen and oxygen atoms in total. The van der Waals surface area contributed by atoms with Crippen LogP contribution in [-0.2, 0) is 5.54 Å². The molecule has 2 heterocycles. The van der Waals surface area contributed by atoms with Crippen molar-refractivity contribution >= 4 is 11.2 Å². The van der Waals surface area contributed by atoms with E-state index in [0.717, 1.165) is 29.8 Å². The second kappa shape index (κ2) is 4.55. The Labute approximate surface area is 119 Å². The molecule has 2 aliphatic rings. The number of hydrogen-bond donors (Lipinski definition) is 1. The Balaban J connectivity index is 1.87. The Kier molecular flexibility index (Phi) is 2.81. The quantitative estimate of drug-likeness (QED) is 0.852. The third kappa shape index (κ3) is 1.94.